The van der Waals surface area contributed by atoms with Gasteiger partial charge in [-0.3, -0.25) is 9.59 Å². The highest BCUT2D eigenvalue weighted by molar-refractivity contribution is 7.80. The first-order chi connectivity index (χ1) is 29.1. The smallest absolute Gasteiger partial charge is 0.433 e. The van der Waals surface area contributed by atoms with Crippen molar-refractivity contribution in [3.05, 3.63) is 151 Å². The van der Waals surface area contributed by atoms with Crippen LogP contribution in [0.1, 0.15) is 48.8 Å². The average molecular weight is 964 g/mol. The quantitative estimate of drug-likeness (QED) is 0.0648. The van der Waals surface area contributed by atoms with Crippen LogP contribution in [0.3, 0.4) is 0 Å². The van der Waals surface area contributed by atoms with Crippen molar-refractivity contribution in [2.75, 3.05) is 20.1 Å². The molecule has 63 heavy (non-hydrogen) atoms. The van der Waals surface area contributed by atoms with Gasteiger partial charge in [-0.25, -0.2) is 46.0 Å². The molecule has 5 aromatic rings. The van der Waals surface area contributed by atoms with Crippen molar-refractivity contribution in [1.82, 2.24) is 18.8 Å². The molecule has 0 saturated carbocycles. The van der Waals surface area contributed by atoms with E-state index in [1.54, 1.807) is 0 Å². The second-order valence-corrected chi connectivity index (χ2v) is 14.0. The Morgan fingerprint density at radius 3 is 1.56 bits per heavy atom. The van der Waals surface area contributed by atoms with Gasteiger partial charge in [0.1, 0.15) is 17.3 Å². The number of ether oxygens (including phenoxy) is 2. The molecule has 0 bridgehead atoms. The Morgan fingerprint density at radius 2 is 1.16 bits per heavy atom. The number of aromatic nitrogens is 4. The third kappa shape index (κ3) is 11.8. The zero-order valence-electron chi connectivity index (χ0n) is 32.3. The number of benzene rings is 3. The fourth-order valence-electron chi connectivity index (χ4n) is 5.32. The van der Waals surface area contributed by atoms with Crippen LogP contribution >= 0.6 is 23.2 Å². The van der Waals surface area contributed by atoms with E-state index in [1.807, 2.05) is 32.9 Å². The number of halogens is 10. The van der Waals surface area contributed by atoms with Crippen molar-refractivity contribution in [3.63, 3.8) is 0 Å². The molecule has 0 saturated heterocycles. The Balaban J connectivity index is 0.000000262. The lowest BCUT2D eigenvalue weighted by Gasteiger charge is -2.14. The lowest BCUT2D eigenvalue weighted by Crippen LogP contribution is -2.45. The summed E-state index contributed by atoms with van der Waals surface area (Å²) >= 11 is 9.68. The largest absolute Gasteiger partial charge is 0.465 e. The molecule has 0 spiro atoms. The number of aryl methyl sites for hydroxylation is 3. The Bertz CT molecular complexity index is 2810. The molecule has 2 aromatic heterocycles. The van der Waals surface area contributed by atoms with Crippen LogP contribution in [0.5, 0.6) is 0 Å². The number of methoxy groups -OCH3 is 2. The first kappa shape index (κ1) is 51.2. The van der Waals surface area contributed by atoms with Crippen LogP contribution in [0, 0.1) is 32.4 Å². The molecule has 5 rings (SSSR count). The van der Waals surface area contributed by atoms with Crippen molar-refractivity contribution in [3.8, 4) is 11.4 Å². The van der Waals surface area contributed by atoms with Gasteiger partial charge in [-0.05, 0) is 56.2 Å². The zero-order valence-corrected chi connectivity index (χ0v) is 34.6. The lowest BCUT2D eigenvalue weighted by molar-refractivity contribution is -0.201. The number of carbonyl (C=O) groups excluding carboxylic acids is 2. The van der Waals surface area contributed by atoms with Crippen LogP contribution in [0.25, 0.3) is 11.4 Å². The molecule has 0 radical (unpaired) electrons. The maximum Gasteiger partial charge on any atom is 0.433 e. The number of rotatable bonds is 7. The summed E-state index contributed by atoms with van der Waals surface area (Å²) in [6, 6.07) is 6.63. The molecule has 5 N–H and O–H groups in total. The maximum atomic E-state index is 14.1. The van der Waals surface area contributed by atoms with Crippen LogP contribution in [-0.4, -0.2) is 49.2 Å². The first-order valence-electron chi connectivity index (χ1n) is 16.4. The minimum absolute atomic E-state index is 0.0211. The summed E-state index contributed by atoms with van der Waals surface area (Å²) in [5, 5.41) is -0.749. The molecular weight excluding hydrogens is 935 g/mol. The number of hydrogen-bond acceptors (Lipinski definition) is 13. The van der Waals surface area contributed by atoms with E-state index in [4.69, 9.17) is 29.0 Å². The Morgan fingerprint density at radius 1 is 0.714 bits per heavy atom. The van der Waals surface area contributed by atoms with E-state index in [9.17, 15) is 68.1 Å². The molecule has 0 amide bonds. The average Bonchev–Trinajstić information content (AvgIpc) is 3.16. The zero-order chi connectivity index (χ0) is 48.0. The molecule has 2 heterocycles. The topological polar surface area (TPSA) is 239 Å². The van der Waals surface area contributed by atoms with Gasteiger partial charge in [-0.2, -0.15) is 32.2 Å². The SMILES string of the molecule is COC(=O)c1cc(-n2c(=O)cc(C(F)(F)F)[nH]c2=O)c(F)cc1Cl.COC(=O)c1cc(-n2c(=O)cc(C(F)(F)F)n(N)c2=O)c(F)cc1Cl.Cc1cc(C)c(S(=O)OON)c(C)c1. The maximum absolute atomic E-state index is 14.1. The Hall–Kier alpha value is -6.19. The number of aromatic amines is 1. The van der Waals surface area contributed by atoms with Gasteiger partial charge in [-0.15, -0.1) is 9.32 Å². The third-order valence-electron chi connectivity index (χ3n) is 7.90. The number of carbonyl (C=O) groups is 2. The highest BCUT2D eigenvalue weighted by atomic mass is 35.5. The highest BCUT2D eigenvalue weighted by Gasteiger charge is 2.36. The molecule has 0 fully saturated rings. The van der Waals surface area contributed by atoms with E-state index >= 15 is 0 Å². The van der Waals surface area contributed by atoms with E-state index in [-0.39, 0.29) is 41.6 Å². The van der Waals surface area contributed by atoms with Gasteiger partial charge in [0.15, 0.2) is 5.69 Å². The number of nitrogens with one attached hydrogen (secondary N) is 1. The van der Waals surface area contributed by atoms with Gasteiger partial charge < -0.3 is 20.3 Å². The summed E-state index contributed by atoms with van der Waals surface area (Å²) < 4.78 is 128. The van der Waals surface area contributed by atoms with E-state index in [0.717, 1.165) is 37.0 Å². The van der Waals surface area contributed by atoms with Crippen LogP contribution in [0.2, 0.25) is 10.0 Å². The van der Waals surface area contributed by atoms with E-state index in [0.29, 0.717) is 23.1 Å². The Labute approximate surface area is 358 Å². The standard InChI is InChI=1S/C13H8ClF4N3O4.C13H7ClF4N2O4.C9H13NO3S/c1-25-11(23)5-2-8(7(15)3-6(5)14)20-10(22)4-9(13(16,17)18)21(19)12(20)24;1-24-11(22)5-2-8(7(15)3-6(5)14)20-10(21)4-9(13(16,17)18)19-12(20)23;1-6-4-7(2)9(8(3)5-6)14(11)13-12-10/h2-4H,19H2,1H3;2-4H,1H3,(H,19,23);4-5H,10H2,1-3H3. The van der Waals surface area contributed by atoms with Crippen molar-refractivity contribution < 1.29 is 67.7 Å². The van der Waals surface area contributed by atoms with Crippen LogP contribution in [-0.2, 0) is 42.2 Å². The van der Waals surface area contributed by atoms with Crippen LogP contribution < -0.4 is 34.2 Å². The molecular formula is C35H28Cl2F8N6O11S. The Kier molecular flexibility index (Phi) is 16.5. The summed E-state index contributed by atoms with van der Waals surface area (Å²) in [7, 11) is 2.01. The normalized spacial score (nSPS) is 11.7. The van der Waals surface area contributed by atoms with Gasteiger partial charge in [0.05, 0.1) is 51.7 Å². The predicted molar refractivity (Wildman–Crippen MR) is 205 cm³/mol. The van der Waals surface area contributed by atoms with E-state index < -0.39 is 97.8 Å². The van der Waals surface area contributed by atoms with Crippen molar-refractivity contribution in [2.24, 2.45) is 5.90 Å². The number of alkyl halides is 6. The third-order valence-corrected chi connectivity index (χ3v) is 9.71. The van der Waals surface area contributed by atoms with Gasteiger partial charge in [-0.1, -0.05) is 40.9 Å². The van der Waals surface area contributed by atoms with Crippen molar-refractivity contribution >= 4 is 46.2 Å². The summed E-state index contributed by atoms with van der Waals surface area (Å²) in [6.07, 6.45) is -10.0. The molecule has 0 aliphatic rings. The molecule has 0 aliphatic carbocycles. The lowest BCUT2D eigenvalue weighted by atomic mass is 10.1. The number of nitrogen functional groups attached to an aromatic ring is 1. The second-order valence-electron chi connectivity index (χ2n) is 12.2. The monoisotopic (exact) mass is 962 g/mol. The van der Waals surface area contributed by atoms with Gasteiger partial charge >= 0.3 is 35.7 Å². The van der Waals surface area contributed by atoms with Gasteiger partial charge in [0.25, 0.3) is 11.1 Å². The number of hydrogen-bond donors (Lipinski definition) is 3. The first-order valence-corrected chi connectivity index (χ1v) is 18.3. The minimum Gasteiger partial charge on any atom is -0.465 e. The molecule has 0 aliphatic heterocycles. The highest BCUT2D eigenvalue weighted by Crippen LogP contribution is 2.29. The fraction of sp³-hybridized carbons (Fsp3) is 0.200. The summed E-state index contributed by atoms with van der Waals surface area (Å²) in [4.78, 5) is 76.6. The summed E-state index contributed by atoms with van der Waals surface area (Å²) in [5.74, 6) is 5.31. The predicted octanol–water partition coefficient (Wildman–Crippen LogP) is 4.89. The fourth-order valence-corrected chi connectivity index (χ4v) is 6.56. The number of nitrogens with two attached hydrogens (primary N) is 2. The van der Waals surface area contributed by atoms with Crippen LogP contribution in [0.15, 0.2) is 72.6 Å². The van der Waals surface area contributed by atoms with Crippen LogP contribution in [0.4, 0.5) is 35.1 Å². The molecule has 1 unspecified atom stereocenters. The summed E-state index contributed by atoms with van der Waals surface area (Å²) in [5.41, 5.74) is -8.88. The van der Waals surface area contributed by atoms with Crippen molar-refractivity contribution in [2.45, 2.75) is 38.0 Å². The van der Waals surface area contributed by atoms with Gasteiger partial charge in [0.2, 0.25) is 11.1 Å². The number of nitrogens with zero attached hydrogens (tertiary/aromatic N) is 3. The van der Waals surface area contributed by atoms with E-state index in [1.165, 1.54) is 4.98 Å². The van der Waals surface area contributed by atoms with E-state index in [2.05, 4.69) is 24.7 Å². The summed E-state index contributed by atoms with van der Waals surface area (Å²) in [6.45, 7) is 5.72. The molecule has 340 valence electrons. The number of H-pyrrole nitrogens is 1. The molecule has 3 aromatic carbocycles. The second kappa shape index (κ2) is 20.3. The van der Waals surface area contributed by atoms with Gasteiger partial charge in [0, 0.05) is 12.1 Å². The minimum atomic E-state index is -5.08. The molecule has 17 nitrogen and oxygen atoms in total. The van der Waals surface area contributed by atoms with Crippen molar-refractivity contribution in [1.29, 1.82) is 0 Å². The molecule has 28 heteroatoms. The molecule has 1 atom stereocenters. The number of esters is 2.